The maximum absolute atomic E-state index is 13.5. The molecule has 2 aromatic rings. The van der Waals surface area contributed by atoms with Gasteiger partial charge in [0.05, 0.1) is 6.04 Å². The molecule has 1 aromatic heterocycles. The monoisotopic (exact) mass is 491 g/mol. The van der Waals surface area contributed by atoms with Crippen molar-refractivity contribution in [2.24, 2.45) is 0 Å². The number of rotatable bonds is 6. The summed E-state index contributed by atoms with van der Waals surface area (Å²) in [6, 6.07) is 7.10. The second-order valence-corrected chi connectivity index (χ2v) is 11.2. The van der Waals surface area contributed by atoms with Crippen molar-refractivity contribution >= 4 is 34.9 Å². The summed E-state index contributed by atoms with van der Waals surface area (Å²) in [5, 5.41) is 5.73. The highest BCUT2D eigenvalue weighted by atomic mass is 35.5. The molecule has 6 nitrogen and oxygen atoms in total. The van der Waals surface area contributed by atoms with Crippen molar-refractivity contribution in [3.63, 3.8) is 0 Å². The molecule has 0 aliphatic carbocycles. The number of thiophene rings is 1. The number of aryl methyl sites for hydroxylation is 1. The van der Waals surface area contributed by atoms with Crippen molar-refractivity contribution in [3.8, 4) is 5.75 Å². The van der Waals surface area contributed by atoms with Gasteiger partial charge in [-0.3, -0.25) is 4.79 Å². The van der Waals surface area contributed by atoms with Gasteiger partial charge in [0.15, 0.2) is 0 Å². The highest BCUT2D eigenvalue weighted by molar-refractivity contribution is 7.10. The number of carbonyl (C=O) groups is 2. The van der Waals surface area contributed by atoms with Gasteiger partial charge < -0.3 is 19.9 Å². The average molecular weight is 492 g/mol. The van der Waals surface area contributed by atoms with Crippen LogP contribution in [0, 0.1) is 6.92 Å². The normalized spacial score (nSPS) is 15.9. The minimum atomic E-state index is -0.378. The predicted octanol–water partition coefficient (Wildman–Crippen LogP) is 5.43. The van der Waals surface area contributed by atoms with E-state index in [0.717, 1.165) is 23.3 Å². The average Bonchev–Trinajstić information content (AvgIpc) is 3.20. The predicted molar refractivity (Wildman–Crippen MR) is 134 cm³/mol. The molecular weight excluding hydrogens is 458 g/mol. The molecule has 0 unspecified atom stereocenters. The number of nitrogens with one attached hydrogen (secondary N) is 1. The third-order valence-electron chi connectivity index (χ3n) is 5.62. The van der Waals surface area contributed by atoms with Crippen LogP contribution in [0.2, 0.25) is 5.02 Å². The molecule has 8 heteroatoms. The first-order valence-electron chi connectivity index (χ1n) is 11.3. The summed E-state index contributed by atoms with van der Waals surface area (Å²) in [5.74, 6) is 0.644. The standard InChI is InChI=1S/C25H34ClN3O3S/c1-16(2)29(24(31)27-25(4,5)6)14-23(30)28-11-9-22-19(10-12-33-22)21(28)15-32-18-7-8-20(26)17(3)13-18/h7-8,10,12-13,16,21H,9,11,14-15H2,1-6H3,(H,27,31)/t21-/m1/s1. The van der Waals surface area contributed by atoms with E-state index in [9.17, 15) is 9.59 Å². The minimum Gasteiger partial charge on any atom is -0.491 e. The van der Waals surface area contributed by atoms with E-state index in [0.29, 0.717) is 18.2 Å². The smallest absolute Gasteiger partial charge is 0.318 e. The zero-order valence-electron chi connectivity index (χ0n) is 20.3. The summed E-state index contributed by atoms with van der Waals surface area (Å²) in [6.07, 6.45) is 0.811. The van der Waals surface area contributed by atoms with Gasteiger partial charge in [-0.15, -0.1) is 11.3 Å². The number of fused-ring (bicyclic) bond motifs is 1. The second kappa shape index (κ2) is 10.3. The van der Waals surface area contributed by atoms with Gasteiger partial charge in [0.2, 0.25) is 5.91 Å². The highest BCUT2D eigenvalue weighted by Crippen LogP contribution is 2.34. The molecule has 3 amide bonds. The van der Waals surface area contributed by atoms with E-state index < -0.39 is 0 Å². The lowest BCUT2D eigenvalue weighted by Crippen LogP contribution is -2.54. The van der Waals surface area contributed by atoms with Crippen LogP contribution in [-0.2, 0) is 11.2 Å². The Morgan fingerprint density at radius 3 is 2.67 bits per heavy atom. The fourth-order valence-electron chi connectivity index (χ4n) is 3.87. The number of ether oxygens (including phenoxy) is 1. The molecule has 33 heavy (non-hydrogen) atoms. The summed E-state index contributed by atoms with van der Waals surface area (Å²) in [7, 11) is 0. The van der Waals surface area contributed by atoms with Crippen molar-refractivity contribution in [3.05, 3.63) is 50.7 Å². The molecule has 1 N–H and O–H groups in total. The molecule has 0 saturated heterocycles. The van der Waals surface area contributed by atoms with Gasteiger partial charge in [-0.25, -0.2) is 4.79 Å². The van der Waals surface area contributed by atoms with E-state index in [1.165, 1.54) is 4.88 Å². The third-order valence-corrected chi connectivity index (χ3v) is 7.04. The topological polar surface area (TPSA) is 61.9 Å². The summed E-state index contributed by atoms with van der Waals surface area (Å²) in [6.45, 7) is 12.5. The third kappa shape index (κ3) is 6.42. The SMILES string of the molecule is Cc1cc(OC[C@@H]2c3ccsc3CCN2C(=O)CN(C(=O)NC(C)(C)C)C(C)C)ccc1Cl. The quantitative estimate of drug-likeness (QED) is 0.585. The van der Waals surface area contributed by atoms with Gasteiger partial charge in [-0.05, 0) is 88.7 Å². The number of halogens is 1. The summed E-state index contributed by atoms with van der Waals surface area (Å²) in [5.41, 5.74) is 1.69. The van der Waals surface area contributed by atoms with Gasteiger partial charge in [-0.2, -0.15) is 0 Å². The Morgan fingerprint density at radius 1 is 1.30 bits per heavy atom. The molecule has 1 aromatic carbocycles. The van der Waals surface area contributed by atoms with Crippen LogP contribution in [0.5, 0.6) is 5.75 Å². The van der Waals surface area contributed by atoms with Crippen LogP contribution >= 0.6 is 22.9 Å². The van der Waals surface area contributed by atoms with Crippen LogP contribution in [0.4, 0.5) is 4.79 Å². The van der Waals surface area contributed by atoms with E-state index in [2.05, 4.69) is 16.8 Å². The van der Waals surface area contributed by atoms with E-state index in [-0.39, 0.29) is 36.1 Å². The van der Waals surface area contributed by atoms with Crippen molar-refractivity contribution in [2.45, 2.75) is 65.6 Å². The van der Waals surface area contributed by atoms with Crippen molar-refractivity contribution in [1.29, 1.82) is 0 Å². The van der Waals surface area contributed by atoms with Crippen LogP contribution in [0.15, 0.2) is 29.6 Å². The maximum Gasteiger partial charge on any atom is 0.318 e. The Labute approximate surface area is 205 Å². The molecule has 1 atom stereocenters. The molecule has 180 valence electrons. The lowest BCUT2D eigenvalue weighted by molar-refractivity contribution is -0.135. The minimum absolute atomic E-state index is 0.0234. The largest absolute Gasteiger partial charge is 0.491 e. The molecule has 3 rings (SSSR count). The molecule has 0 bridgehead atoms. The first-order chi connectivity index (χ1) is 15.5. The van der Waals surface area contributed by atoms with Gasteiger partial charge in [0.25, 0.3) is 0 Å². The number of hydrogen-bond acceptors (Lipinski definition) is 4. The molecule has 0 spiro atoms. The Kier molecular flexibility index (Phi) is 7.96. The van der Waals surface area contributed by atoms with Crippen LogP contribution in [0.1, 0.15) is 56.7 Å². The molecule has 1 aliphatic rings. The Balaban J connectivity index is 1.78. The number of urea groups is 1. The zero-order valence-corrected chi connectivity index (χ0v) is 21.8. The number of carbonyl (C=O) groups excluding carboxylic acids is 2. The molecule has 0 radical (unpaired) electrons. The fraction of sp³-hybridized carbons (Fsp3) is 0.520. The first-order valence-corrected chi connectivity index (χ1v) is 12.6. The van der Waals surface area contributed by atoms with Crippen molar-refractivity contribution in [1.82, 2.24) is 15.1 Å². The van der Waals surface area contributed by atoms with E-state index in [1.54, 1.807) is 16.2 Å². The Hall–Kier alpha value is -2.25. The molecular formula is C25H34ClN3O3S. The number of benzene rings is 1. The molecule has 0 saturated carbocycles. The zero-order chi connectivity index (χ0) is 24.3. The van der Waals surface area contributed by atoms with Crippen LogP contribution < -0.4 is 10.1 Å². The molecule has 0 fully saturated rings. The Bertz CT molecular complexity index is 999. The summed E-state index contributed by atoms with van der Waals surface area (Å²) in [4.78, 5) is 31.0. The van der Waals surface area contributed by atoms with Gasteiger partial charge in [-0.1, -0.05) is 11.6 Å². The van der Waals surface area contributed by atoms with Crippen molar-refractivity contribution < 1.29 is 14.3 Å². The van der Waals surface area contributed by atoms with Gasteiger partial charge in [0, 0.05) is 28.0 Å². The van der Waals surface area contributed by atoms with Crippen LogP contribution in [-0.4, -0.2) is 53.0 Å². The lowest BCUT2D eigenvalue weighted by Gasteiger charge is -2.38. The number of nitrogens with zero attached hydrogens (tertiary/aromatic N) is 2. The number of amides is 3. The fourth-order valence-corrected chi connectivity index (χ4v) is 4.92. The van der Waals surface area contributed by atoms with E-state index in [4.69, 9.17) is 16.3 Å². The second-order valence-electron chi connectivity index (χ2n) is 9.78. The Morgan fingerprint density at radius 2 is 2.03 bits per heavy atom. The molecule has 1 aliphatic heterocycles. The molecule has 2 heterocycles. The van der Waals surface area contributed by atoms with Gasteiger partial charge >= 0.3 is 6.03 Å². The van der Waals surface area contributed by atoms with Crippen LogP contribution in [0.25, 0.3) is 0 Å². The summed E-state index contributed by atoms with van der Waals surface area (Å²) < 4.78 is 6.11. The first kappa shape index (κ1) is 25.4. The van der Waals surface area contributed by atoms with Crippen molar-refractivity contribution in [2.75, 3.05) is 19.7 Å². The van der Waals surface area contributed by atoms with E-state index in [1.807, 2.05) is 64.6 Å². The van der Waals surface area contributed by atoms with Gasteiger partial charge in [0.1, 0.15) is 18.9 Å². The lowest BCUT2D eigenvalue weighted by atomic mass is 10.0. The number of hydrogen-bond donors (Lipinski definition) is 1. The summed E-state index contributed by atoms with van der Waals surface area (Å²) >= 11 is 7.86. The highest BCUT2D eigenvalue weighted by Gasteiger charge is 2.34. The maximum atomic E-state index is 13.5. The van der Waals surface area contributed by atoms with E-state index >= 15 is 0 Å². The van der Waals surface area contributed by atoms with Crippen LogP contribution in [0.3, 0.4) is 0 Å².